The highest BCUT2D eigenvalue weighted by Crippen LogP contribution is 2.19. The molecule has 0 aliphatic heterocycles. The maximum atomic E-state index is 11.8. The number of aromatic nitrogens is 1. The summed E-state index contributed by atoms with van der Waals surface area (Å²) in [5.74, 6) is -1.94. The molecule has 102 valence electrons. The van der Waals surface area contributed by atoms with Crippen molar-refractivity contribution in [1.29, 1.82) is 0 Å². The number of carboxylic acids is 1. The van der Waals surface area contributed by atoms with Crippen LogP contribution in [0.3, 0.4) is 0 Å². The molecular weight excluding hydrogens is 258 g/mol. The number of carboxylic acid groups (broad SMARTS) is 1. The molecule has 0 amide bonds. The summed E-state index contributed by atoms with van der Waals surface area (Å²) >= 11 is 0. The summed E-state index contributed by atoms with van der Waals surface area (Å²) in [5, 5.41) is 9.10. The van der Waals surface area contributed by atoms with Gasteiger partial charge in [0.25, 0.3) is 0 Å². The van der Waals surface area contributed by atoms with Crippen LogP contribution in [0.15, 0.2) is 42.5 Å². The first-order valence-electron chi connectivity index (χ1n) is 6.10. The van der Waals surface area contributed by atoms with Crippen molar-refractivity contribution in [3.05, 3.63) is 53.7 Å². The summed E-state index contributed by atoms with van der Waals surface area (Å²) in [6.45, 7) is 1.81. The summed E-state index contributed by atoms with van der Waals surface area (Å²) in [7, 11) is 0. The molecular formula is C15H13NO4. The van der Waals surface area contributed by atoms with Gasteiger partial charge in [-0.3, -0.25) is 0 Å². The van der Waals surface area contributed by atoms with Crippen LogP contribution >= 0.6 is 0 Å². The predicted octanol–water partition coefficient (Wildman–Crippen LogP) is 2.62. The van der Waals surface area contributed by atoms with Crippen LogP contribution in [0.4, 0.5) is 0 Å². The Kier molecular flexibility index (Phi) is 4.10. The molecule has 0 saturated heterocycles. The zero-order chi connectivity index (χ0) is 14.5. The van der Waals surface area contributed by atoms with E-state index in [4.69, 9.17) is 9.84 Å². The van der Waals surface area contributed by atoms with E-state index in [1.54, 1.807) is 13.0 Å². The van der Waals surface area contributed by atoms with E-state index in [0.29, 0.717) is 5.69 Å². The average Bonchev–Trinajstić information content (AvgIpc) is 2.47. The molecule has 0 radical (unpaired) electrons. The third kappa shape index (κ3) is 2.83. The van der Waals surface area contributed by atoms with Gasteiger partial charge in [-0.25, -0.2) is 14.6 Å². The number of carbonyl (C=O) groups is 2. The summed E-state index contributed by atoms with van der Waals surface area (Å²) in [6.07, 6.45) is 0. The molecule has 1 aromatic carbocycles. The maximum absolute atomic E-state index is 11.8. The van der Waals surface area contributed by atoms with E-state index in [-0.39, 0.29) is 17.9 Å². The number of pyridine rings is 1. The Bertz CT molecular complexity index is 638. The second-order valence-electron chi connectivity index (χ2n) is 3.98. The minimum atomic E-state index is -1.21. The first-order chi connectivity index (χ1) is 9.63. The number of hydrogen-bond acceptors (Lipinski definition) is 4. The van der Waals surface area contributed by atoms with Crippen LogP contribution in [0, 0.1) is 0 Å². The van der Waals surface area contributed by atoms with E-state index in [0.717, 1.165) is 5.56 Å². The van der Waals surface area contributed by atoms with Gasteiger partial charge in [0, 0.05) is 5.56 Å². The van der Waals surface area contributed by atoms with Crippen molar-refractivity contribution < 1.29 is 19.4 Å². The fourth-order valence-corrected chi connectivity index (χ4v) is 1.76. The van der Waals surface area contributed by atoms with E-state index in [2.05, 4.69) is 4.98 Å². The van der Waals surface area contributed by atoms with Gasteiger partial charge in [-0.2, -0.15) is 0 Å². The van der Waals surface area contributed by atoms with E-state index in [1.165, 1.54) is 6.07 Å². The van der Waals surface area contributed by atoms with Gasteiger partial charge >= 0.3 is 11.9 Å². The number of rotatable bonds is 4. The molecule has 2 aromatic rings. The van der Waals surface area contributed by atoms with Gasteiger partial charge in [-0.15, -0.1) is 0 Å². The quantitative estimate of drug-likeness (QED) is 0.865. The summed E-state index contributed by atoms with van der Waals surface area (Å²) < 4.78 is 4.84. The Balaban J connectivity index is 2.51. The van der Waals surface area contributed by atoms with Crippen molar-refractivity contribution in [2.75, 3.05) is 6.61 Å². The first-order valence-corrected chi connectivity index (χ1v) is 6.10. The highest BCUT2D eigenvalue weighted by molar-refractivity contribution is 6.01. The normalized spacial score (nSPS) is 10.1. The Labute approximate surface area is 115 Å². The van der Waals surface area contributed by atoms with E-state index < -0.39 is 11.9 Å². The molecule has 1 aromatic heterocycles. The molecule has 1 heterocycles. The third-order valence-electron chi connectivity index (χ3n) is 2.66. The first kappa shape index (κ1) is 13.7. The largest absolute Gasteiger partial charge is 0.478 e. The van der Waals surface area contributed by atoms with Gasteiger partial charge in [-0.1, -0.05) is 30.3 Å². The lowest BCUT2D eigenvalue weighted by Gasteiger charge is -2.07. The minimum absolute atomic E-state index is 0.162. The zero-order valence-corrected chi connectivity index (χ0v) is 10.9. The van der Waals surface area contributed by atoms with E-state index >= 15 is 0 Å². The molecule has 5 nitrogen and oxygen atoms in total. The average molecular weight is 271 g/mol. The Morgan fingerprint density at radius 3 is 2.45 bits per heavy atom. The fraction of sp³-hybridized carbons (Fsp3) is 0.133. The number of benzene rings is 1. The molecule has 20 heavy (non-hydrogen) atoms. The number of hydrogen-bond donors (Lipinski definition) is 1. The predicted molar refractivity (Wildman–Crippen MR) is 72.6 cm³/mol. The Morgan fingerprint density at radius 1 is 1.15 bits per heavy atom. The Morgan fingerprint density at radius 2 is 1.85 bits per heavy atom. The van der Waals surface area contributed by atoms with Gasteiger partial charge in [-0.05, 0) is 19.1 Å². The highest BCUT2D eigenvalue weighted by atomic mass is 16.5. The van der Waals surface area contributed by atoms with Crippen molar-refractivity contribution >= 4 is 11.9 Å². The van der Waals surface area contributed by atoms with Crippen LogP contribution in [0.2, 0.25) is 0 Å². The molecule has 0 fully saturated rings. The lowest BCUT2D eigenvalue weighted by atomic mass is 10.1. The van der Waals surface area contributed by atoms with Crippen molar-refractivity contribution in [1.82, 2.24) is 4.98 Å². The molecule has 0 atom stereocenters. The van der Waals surface area contributed by atoms with E-state index in [1.807, 2.05) is 30.3 Å². The van der Waals surface area contributed by atoms with Crippen LogP contribution in [0.1, 0.15) is 27.8 Å². The molecule has 1 N–H and O–H groups in total. The molecule has 0 unspecified atom stereocenters. The van der Waals surface area contributed by atoms with Crippen LogP contribution < -0.4 is 0 Å². The molecule has 5 heteroatoms. The number of nitrogens with zero attached hydrogens (tertiary/aromatic N) is 1. The summed E-state index contributed by atoms with van der Waals surface area (Å²) in [5.41, 5.74) is 0.984. The number of carbonyl (C=O) groups excluding carboxylic acids is 1. The summed E-state index contributed by atoms with van der Waals surface area (Å²) in [6, 6.07) is 12.1. The second kappa shape index (κ2) is 5.97. The van der Waals surface area contributed by atoms with Crippen molar-refractivity contribution in [3.63, 3.8) is 0 Å². The molecule has 0 aliphatic carbocycles. The SMILES string of the molecule is CCOC(=O)c1nc(-c2ccccc2)ccc1C(=O)O. The van der Waals surface area contributed by atoms with Crippen molar-refractivity contribution in [3.8, 4) is 11.3 Å². The van der Waals surface area contributed by atoms with Gasteiger partial charge in [0.05, 0.1) is 17.9 Å². The molecule has 0 aliphatic rings. The molecule has 0 spiro atoms. The van der Waals surface area contributed by atoms with Crippen molar-refractivity contribution in [2.45, 2.75) is 6.92 Å². The van der Waals surface area contributed by atoms with Crippen molar-refractivity contribution in [2.24, 2.45) is 0 Å². The topological polar surface area (TPSA) is 76.5 Å². The van der Waals surface area contributed by atoms with E-state index in [9.17, 15) is 9.59 Å². The minimum Gasteiger partial charge on any atom is -0.478 e. The van der Waals surface area contributed by atoms with Gasteiger partial charge in [0.15, 0.2) is 5.69 Å². The lowest BCUT2D eigenvalue weighted by Crippen LogP contribution is -2.14. The van der Waals surface area contributed by atoms with Crippen LogP contribution in [-0.2, 0) is 4.74 Å². The van der Waals surface area contributed by atoms with Crippen LogP contribution in [-0.4, -0.2) is 28.6 Å². The highest BCUT2D eigenvalue weighted by Gasteiger charge is 2.20. The molecule has 0 bridgehead atoms. The molecule has 0 saturated carbocycles. The fourth-order valence-electron chi connectivity index (χ4n) is 1.76. The maximum Gasteiger partial charge on any atom is 0.357 e. The number of ether oxygens (including phenoxy) is 1. The summed E-state index contributed by atoms with van der Waals surface area (Å²) in [4.78, 5) is 27.1. The van der Waals surface area contributed by atoms with Crippen LogP contribution in [0.5, 0.6) is 0 Å². The van der Waals surface area contributed by atoms with Crippen LogP contribution in [0.25, 0.3) is 11.3 Å². The second-order valence-corrected chi connectivity index (χ2v) is 3.98. The number of esters is 1. The standard InChI is InChI=1S/C15H13NO4/c1-2-20-15(19)13-11(14(17)18)8-9-12(16-13)10-6-4-3-5-7-10/h3-9H,2H2,1H3,(H,17,18). The third-order valence-corrected chi connectivity index (χ3v) is 2.66. The Hall–Kier alpha value is -2.69. The van der Waals surface area contributed by atoms with Gasteiger partial charge < -0.3 is 9.84 Å². The zero-order valence-electron chi connectivity index (χ0n) is 10.9. The number of aromatic carboxylic acids is 1. The smallest absolute Gasteiger partial charge is 0.357 e. The lowest BCUT2D eigenvalue weighted by molar-refractivity contribution is 0.0507. The molecule has 2 rings (SSSR count). The van der Waals surface area contributed by atoms with Gasteiger partial charge in [0.2, 0.25) is 0 Å². The van der Waals surface area contributed by atoms with Gasteiger partial charge in [0.1, 0.15) is 0 Å². The monoisotopic (exact) mass is 271 g/mol.